The van der Waals surface area contributed by atoms with Crippen LogP contribution in [0, 0.1) is 23.7 Å². The van der Waals surface area contributed by atoms with Crippen molar-refractivity contribution in [2.75, 3.05) is 0 Å². The van der Waals surface area contributed by atoms with Crippen LogP contribution in [-0.4, -0.2) is 11.2 Å². The summed E-state index contributed by atoms with van der Waals surface area (Å²) in [6.07, 6.45) is 11.2. The molecule has 3 fully saturated rings. The number of rotatable bonds is 1. The van der Waals surface area contributed by atoms with Crippen molar-refractivity contribution >= 4 is 0 Å². The van der Waals surface area contributed by atoms with E-state index in [9.17, 15) is 5.11 Å². The Balaban J connectivity index is 1.72. The van der Waals surface area contributed by atoms with Gasteiger partial charge in [-0.3, -0.25) is 0 Å². The molecule has 1 N–H and O–H groups in total. The van der Waals surface area contributed by atoms with Crippen molar-refractivity contribution in [3.8, 4) is 0 Å². The second-order valence-electron chi connectivity index (χ2n) is 5.78. The molecule has 4 atom stereocenters. The van der Waals surface area contributed by atoms with E-state index in [4.69, 9.17) is 0 Å². The van der Waals surface area contributed by atoms with Crippen LogP contribution >= 0.6 is 0 Å². The first-order valence-electron chi connectivity index (χ1n) is 6.54. The minimum atomic E-state index is 0.0701. The number of aliphatic hydroxyl groups is 1. The molecule has 0 aromatic carbocycles. The highest BCUT2D eigenvalue weighted by Gasteiger charge is 2.49. The van der Waals surface area contributed by atoms with Gasteiger partial charge in [-0.2, -0.15) is 0 Å². The van der Waals surface area contributed by atoms with Crippen molar-refractivity contribution < 1.29 is 5.11 Å². The van der Waals surface area contributed by atoms with Crippen LogP contribution in [0.1, 0.15) is 51.4 Å². The molecule has 3 aliphatic rings. The molecule has 0 radical (unpaired) electrons. The minimum absolute atomic E-state index is 0.0701. The summed E-state index contributed by atoms with van der Waals surface area (Å²) in [6.45, 7) is 0. The van der Waals surface area contributed by atoms with Crippen molar-refractivity contribution in [2.45, 2.75) is 57.5 Å². The molecule has 0 spiro atoms. The van der Waals surface area contributed by atoms with Crippen LogP contribution in [0.2, 0.25) is 0 Å². The molecule has 0 saturated heterocycles. The van der Waals surface area contributed by atoms with Gasteiger partial charge >= 0.3 is 0 Å². The zero-order valence-corrected chi connectivity index (χ0v) is 8.99. The van der Waals surface area contributed by atoms with Gasteiger partial charge in [0, 0.05) is 0 Å². The molecule has 0 aromatic rings. The van der Waals surface area contributed by atoms with Crippen LogP contribution in [0.15, 0.2) is 0 Å². The Morgan fingerprint density at radius 2 is 1.57 bits per heavy atom. The van der Waals surface area contributed by atoms with Gasteiger partial charge in [0.2, 0.25) is 0 Å². The average molecular weight is 194 g/mol. The van der Waals surface area contributed by atoms with Gasteiger partial charge in [0.1, 0.15) is 0 Å². The van der Waals surface area contributed by atoms with Crippen LogP contribution in [0.25, 0.3) is 0 Å². The summed E-state index contributed by atoms with van der Waals surface area (Å²) in [5.74, 6) is 3.50. The van der Waals surface area contributed by atoms with Crippen molar-refractivity contribution in [2.24, 2.45) is 23.7 Å². The van der Waals surface area contributed by atoms with Crippen LogP contribution in [0.3, 0.4) is 0 Å². The Morgan fingerprint density at radius 1 is 0.786 bits per heavy atom. The Labute approximate surface area is 86.9 Å². The van der Waals surface area contributed by atoms with Crippen LogP contribution in [-0.2, 0) is 0 Å². The summed E-state index contributed by atoms with van der Waals surface area (Å²) in [5.41, 5.74) is 0. The zero-order chi connectivity index (χ0) is 9.54. The molecule has 0 aliphatic heterocycles. The predicted octanol–water partition coefficient (Wildman–Crippen LogP) is 2.97. The lowest BCUT2D eigenvalue weighted by atomic mass is 9.75. The monoisotopic (exact) mass is 194 g/mol. The minimum Gasteiger partial charge on any atom is -0.393 e. The fraction of sp³-hybridized carbons (Fsp3) is 1.00. The van der Waals surface area contributed by atoms with E-state index in [0.717, 1.165) is 24.2 Å². The summed E-state index contributed by atoms with van der Waals surface area (Å²) in [4.78, 5) is 0. The smallest absolute Gasteiger partial charge is 0.0574 e. The fourth-order valence-corrected chi connectivity index (χ4v) is 4.60. The summed E-state index contributed by atoms with van der Waals surface area (Å²) < 4.78 is 0. The third kappa shape index (κ3) is 1.32. The first-order chi connectivity index (χ1) is 6.86. The third-order valence-corrected chi connectivity index (χ3v) is 5.14. The Hall–Kier alpha value is -0.0400. The van der Waals surface area contributed by atoms with E-state index >= 15 is 0 Å². The summed E-state index contributed by atoms with van der Waals surface area (Å²) in [5, 5.41) is 9.92. The lowest BCUT2D eigenvalue weighted by Crippen LogP contribution is -2.24. The van der Waals surface area contributed by atoms with Gasteiger partial charge in [-0.1, -0.05) is 32.1 Å². The first kappa shape index (κ1) is 9.21. The van der Waals surface area contributed by atoms with Gasteiger partial charge in [-0.25, -0.2) is 0 Å². The first-order valence-corrected chi connectivity index (χ1v) is 6.54. The number of fused-ring (bicyclic) bond motifs is 2. The molecule has 0 aromatic heterocycles. The maximum atomic E-state index is 9.92. The quantitative estimate of drug-likeness (QED) is 0.680. The lowest BCUT2D eigenvalue weighted by Gasteiger charge is -2.30. The van der Waals surface area contributed by atoms with E-state index in [0.29, 0.717) is 5.92 Å². The summed E-state index contributed by atoms with van der Waals surface area (Å²) in [7, 11) is 0. The molecule has 3 aliphatic carbocycles. The van der Waals surface area contributed by atoms with E-state index in [1.807, 2.05) is 0 Å². The van der Waals surface area contributed by atoms with Crippen molar-refractivity contribution in [3.63, 3.8) is 0 Å². The standard InChI is InChI=1S/C13H22O/c14-12-8-10-6-7-11(12)13(10)9-4-2-1-3-5-9/h9-14H,1-8H2/t10-,11+,12+,13+/m0/s1. The van der Waals surface area contributed by atoms with Crippen molar-refractivity contribution in [1.29, 1.82) is 0 Å². The molecule has 14 heavy (non-hydrogen) atoms. The van der Waals surface area contributed by atoms with Crippen LogP contribution in [0.4, 0.5) is 0 Å². The van der Waals surface area contributed by atoms with Gasteiger partial charge in [0.25, 0.3) is 0 Å². The summed E-state index contributed by atoms with van der Waals surface area (Å²) >= 11 is 0. The number of hydrogen-bond acceptors (Lipinski definition) is 1. The number of aliphatic hydroxyl groups excluding tert-OH is 1. The van der Waals surface area contributed by atoms with E-state index in [2.05, 4.69) is 0 Å². The molecule has 0 unspecified atom stereocenters. The van der Waals surface area contributed by atoms with E-state index < -0.39 is 0 Å². The van der Waals surface area contributed by atoms with Crippen LogP contribution < -0.4 is 0 Å². The molecule has 80 valence electrons. The zero-order valence-electron chi connectivity index (χ0n) is 8.99. The van der Waals surface area contributed by atoms with Gasteiger partial charge in [0.15, 0.2) is 0 Å². The Bertz CT molecular complexity index is 207. The maximum absolute atomic E-state index is 9.92. The van der Waals surface area contributed by atoms with Crippen LogP contribution in [0.5, 0.6) is 0 Å². The second-order valence-corrected chi connectivity index (χ2v) is 5.78. The third-order valence-electron chi connectivity index (χ3n) is 5.14. The van der Waals surface area contributed by atoms with Gasteiger partial charge < -0.3 is 5.11 Å². The second kappa shape index (κ2) is 3.52. The highest BCUT2D eigenvalue weighted by atomic mass is 16.3. The Kier molecular flexibility index (Phi) is 2.31. The number of hydrogen-bond donors (Lipinski definition) is 1. The Morgan fingerprint density at radius 3 is 2.14 bits per heavy atom. The highest BCUT2D eigenvalue weighted by molar-refractivity contribution is 4.99. The largest absolute Gasteiger partial charge is 0.393 e. The van der Waals surface area contributed by atoms with E-state index in [1.165, 1.54) is 44.9 Å². The van der Waals surface area contributed by atoms with Crippen molar-refractivity contribution in [1.82, 2.24) is 0 Å². The lowest BCUT2D eigenvalue weighted by molar-refractivity contribution is 0.0951. The predicted molar refractivity (Wildman–Crippen MR) is 56.9 cm³/mol. The highest BCUT2D eigenvalue weighted by Crippen LogP contribution is 2.54. The van der Waals surface area contributed by atoms with Gasteiger partial charge in [0.05, 0.1) is 6.10 Å². The molecular weight excluding hydrogens is 172 g/mol. The van der Waals surface area contributed by atoms with Gasteiger partial charge in [-0.05, 0) is 42.9 Å². The summed E-state index contributed by atoms with van der Waals surface area (Å²) in [6, 6.07) is 0. The van der Waals surface area contributed by atoms with Gasteiger partial charge in [-0.15, -0.1) is 0 Å². The molecule has 1 nitrogen and oxygen atoms in total. The SMILES string of the molecule is O[C@@H]1C[C@@H]2CC[C@H]1[C@@H]2C1CCCCC1. The normalized spacial score (nSPS) is 48.6. The fourth-order valence-electron chi connectivity index (χ4n) is 4.60. The van der Waals surface area contributed by atoms with E-state index in [-0.39, 0.29) is 6.10 Å². The van der Waals surface area contributed by atoms with E-state index in [1.54, 1.807) is 0 Å². The molecule has 0 heterocycles. The molecular formula is C13H22O. The molecule has 3 rings (SSSR count). The maximum Gasteiger partial charge on any atom is 0.0574 e. The topological polar surface area (TPSA) is 20.2 Å². The molecule has 0 amide bonds. The average Bonchev–Trinajstić information content (AvgIpc) is 2.75. The molecule has 1 heteroatoms. The van der Waals surface area contributed by atoms with Crippen molar-refractivity contribution in [3.05, 3.63) is 0 Å². The molecule has 3 saturated carbocycles. The molecule has 2 bridgehead atoms.